The van der Waals surface area contributed by atoms with E-state index in [-0.39, 0.29) is 6.03 Å². The molecule has 2 aromatic rings. The number of carbonyl (C=O) groups is 2. The predicted molar refractivity (Wildman–Crippen MR) is 94.9 cm³/mol. The lowest BCUT2D eigenvalue weighted by Gasteiger charge is -2.14. The molecule has 0 bridgehead atoms. The van der Waals surface area contributed by atoms with Gasteiger partial charge in [0.2, 0.25) is 0 Å². The second kappa shape index (κ2) is 7.64. The first-order valence-electron chi connectivity index (χ1n) is 7.79. The van der Waals surface area contributed by atoms with Gasteiger partial charge in [-0.25, -0.2) is 9.59 Å². The van der Waals surface area contributed by atoms with Crippen LogP contribution in [0.2, 0.25) is 0 Å². The molecular weight excluding hydrogens is 304 g/mol. The van der Waals surface area contributed by atoms with Crippen LogP contribution in [0.4, 0.5) is 4.79 Å². The third kappa shape index (κ3) is 3.93. The van der Waals surface area contributed by atoms with Gasteiger partial charge in [-0.1, -0.05) is 30.3 Å². The Labute approximate surface area is 142 Å². The summed E-state index contributed by atoms with van der Waals surface area (Å²) >= 11 is 0. The third-order valence-corrected chi connectivity index (χ3v) is 3.51. The number of carbonyl (C=O) groups excluding carboxylic acids is 2. The Hall–Kier alpha value is -2.82. The molecule has 0 spiro atoms. The van der Waals surface area contributed by atoms with Crippen LogP contribution in [0, 0.1) is 0 Å². The zero-order valence-electron chi connectivity index (χ0n) is 14.4. The fourth-order valence-electron chi connectivity index (χ4n) is 2.34. The van der Waals surface area contributed by atoms with E-state index in [2.05, 4.69) is 0 Å². The van der Waals surface area contributed by atoms with E-state index in [1.807, 2.05) is 43.3 Å². The minimum atomic E-state index is -0.434. The van der Waals surface area contributed by atoms with Crippen LogP contribution in [0.3, 0.4) is 0 Å². The molecule has 0 atom stereocenters. The van der Waals surface area contributed by atoms with E-state index in [0.29, 0.717) is 17.9 Å². The lowest BCUT2D eigenvalue weighted by Crippen LogP contribution is -2.27. The second-order valence-electron chi connectivity index (χ2n) is 5.62. The summed E-state index contributed by atoms with van der Waals surface area (Å²) in [5.41, 5.74) is 2.94. The predicted octanol–water partition coefficient (Wildman–Crippen LogP) is 3.76. The molecule has 126 valence electrons. The molecule has 0 unspecified atom stereocenters. The highest BCUT2D eigenvalue weighted by atomic mass is 16.5. The molecule has 0 aliphatic rings. The maximum atomic E-state index is 12.4. The number of aromatic nitrogens is 1. The number of hydrogen-bond acceptors (Lipinski definition) is 3. The molecule has 1 amide bonds. The van der Waals surface area contributed by atoms with Crippen LogP contribution in [0.15, 0.2) is 42.6 Å². The fraction of sp³-hybridized carbons (Fsp3) is 0.263. The van der Waals surface area contributed by atoms with Gasteiger partial charge in [0.05, 0.1) is 17.9 Å². The van der Waals surface area contributed by atoms with Crippen molar-refractivity contribution in [1.29, 1.82) is 0 Å². The number of amides is 1. The summed E-state index contributed by atoms with van der Waals surface area (Å²) in [4.78, 5) is 25.9. The summed E-state index contributed by atoms with van der Waals surface area (Å²) in [5, 5.41) is 0. The van der Waals surface area contributed by atoms with Crippen LogP contribution in [-0.2, 0) is 4.74 Å². The highest BCUT2D eigenvalue weighted by molar-refractivity contribution is 5.94. The van der Waals surface area contributed by atoms with Crippen molar-refractivity contribution in [3.63, 3.8) is 0 Å². The molecule has 1 aromatic heterocycles. The van der Waals surface area contributed by atoms with Crippen LogP contribution in [0.25, 0.3) is 11.6 Å². The number of benzene rings is 1. The van der Waals surface area contributed by atoms with Crippen LogP contribution in [0.1, 0.15) is 35.5 Å². The maximum Gasteiger partial charge on any atom is 0.339 e. The first kappa shape index (κ1) is 17.5. The van der Waals surface area contributed by atoms with Crippen molar-refractivity contribution in [2.24, 2.45) is 0 Å². The Morgan fingerprint density at radius 3 is 2.46 bits per heavy atom. The first-order valence-corrected chi connectivity index (χ1v) is 7.79. The summed E-state index contributed by atoms with van der Waals surface area (Å²) in [6.07, 6.45) is 3.50. The van der Waals surface area contributed by atoms with E-state index in [1.165, 1.54) is 15.7 Å². The third-order valence-electron chi connectivity index (χ3n) is 3.51. The summed E-state index contributed by atoms with van der Waals surface area (Å²) in [6, 6.07) is 11.3. The highest BCUT2D eigenvalue weighted by Crippen LogP contribution is 2.22. The van der Waals surface area contributed by atoms with Gasteiger partial charge in [0.1, 0.15) is 0 Å². The Morgan fingerprint density at radius 1 is 1.21 bits per heavy atom. The number of hydrogen-bond donors (Lipinski definition) is 0. The first-order chi connectivity index (χ1) is 11.4. The van der Waals surface area contributed by atoms with E-state index in [1.54, 1.807) is 27.1 Å². The molecule has 0 N–H and O–H groups in total. The van der Waals surface area contributed by atoms with Crippen molar-refractivity contribution < 1.29 is 14.3 Å². The van der Waals surface area contributed by atoms with Gasteiger partial charge in [-0.3, -0.25) is 4.57 Å². The summed E-state index contributed by atoms with van der Waals surface area (Å²) in [5.74, 6) is -0.434. The van der Waals surface area contributed by atoms with Crippen molar-refractivity contribution in [2.75, 3.05) is 20.7 Å². The minimum Gasteiger partial charge on any atom is -0.462 e. The Bertz CT molecular complexity index is 758. The number of ether oxygens (including phenoxy) is 1. The molecule has 24 heavy (non-hydrogen) atoms. The van der Waals surface area contributed by atoms with Crippen LogP contribution in [-0.4, -0.2) is 42.2 Å². The van der Waals surface area contributed by atoms with Gasteiger partial charge in [0.15, 0.2) is 0 Å². The molecule has 0 aliphatic carbocycles. The Balaban J connectivity index is 2.48. The normalized spacial score (nSPS) is 11.2. The number of allylic oxidation sites excluding steroid dienone is 1. The van der Waals surface area contributed by atoms with Crippen molar-refractivity contribution in [3.05, 3.63) is 59.4 Å². The quantitative estimate of drug-likeness (QED) is 0.804. The number of esters is 1. The van der Waals surface area contributed by atoms with Gasteiger partial charge in [-0.2, -0.15) is 0 Å². The summed E-state index contributed by atoms with van der Waals surface area (Å²) < 4.78 is 6.51. The van der Waals surface area contributed by atoms with Crippen molar-refractivity contribution in [3.8, 4) is 0 Å². The van der Waals surface area contributed by atoms with Crippen LogP contribution in [0.5, 0.6) is 0 Å². The molecule has 0 fully saturated rings. The summed E-state index contributed by atoms with van der Waals surface area (Å²) in [7, 11) is 3.35. The molecular formula is C19H22N2O3. The van der Waals surface area contributed by atoms with E-state index < -0.39 is 5.97 Å². The largest absolute Gasteiger partial charge is 0.462 e. The molecule has 1 heterocycles. The Morgan fingerprint density at radius 2 is 1.88 bits per heavy atom. The average Bonchev–Trinajstić information content (AvgIpc) is 3.00. The van der Waals surface area contributed by atoms with E-state index in [4.69, 9.17) is 4.74 Å². The molecule has 0 saturated heterocycles. The van der Waals surface area contributed by atoms with Gasteiger partial charge in [-0.05, 0) is 37.1 Å². The molecule has 1 aromatic carbocycles. The standard InChI is InChI=1S/C19H22N2O3/c1-5-24-18(22)16-12-17(21(13-16)19(23)20(3)4)14(2)11-15-9-7-6-8-10-15/h6-13H,5H2,1-4H3/b14-11+. The lowest BCUT2D eigenvalue weighted by atomic mass is 10.1. The minimum absolute atomic E-state index is 0.221. The monoisotopic (exact) mass is 326 g/mol. The zero-order valence-corrected chi connectivity index (χ0v) is 14.4. The van der Waals surface area contributed by atoms with Crippen molar-refractivity contribution in [2.45, 2.75) is 13.8 Å². The number of rotatable bonds is 4. The molecule has 5 nitrogen and oxygen atoms in total. The van der Waals surface area contributed by atoms with Gasteiger partial charge in [-0.15, -0.1) is 0 Å². The second-order valence-corrected chi connectivity index (χ2v) is 5.62. The molecule has 2 rings (SSSR count). The van der Waals surface area contributed by atoms with Gasteiger partial charge >= 0.3 is 12.0 Å². The van der Waals surface area contributed by atoms with Gasteiger partial charge in [0.25, 0.3) is 0 Å². The van der Waals surface area contributed by atoms with E-state index >= 15 is 0 Å². The summed E-state index contributed by atoms with van der Waals surface area (Å²) in [6.45, 7) is 3.96. The van der Waals surface area contributed by atoms with Crippen LogP contribution < -0.4 is 0 Å². The fourth-order valence-corrected chi connectivity index (χ4v) is 2.34. The van der Waals surface area contributed by atoms with Crippen molar-refractivity contribution >= 4 is 23.6 Å². The lowest BCUT2D eigenvalue weighted by molar-refractivity contribution is 0.0526. The average molecular weight is 326 g/mol. The van der Waals surface area contributed by atoms with E-state index in [0.717, 1.165) is 11.1 Å². The Kier molecular flexibility index (Phi) is 5.58. The molecule has 0 radical (unpaired) electrons. The molecule has 0 saturated carbocycles. The van der Waals surface area contributed by atoms with Crippen LogP contribution >= 0.6 is 0 Å². The van der Waals surface area contributed by atoms with Gasteiger partial charge in [0, 0.05) is 20.3 Å². The molecule has 0 aliphatic heterocycles. The molecule has 5 heteroatoms. The highest BCUT2D eigenvalue weighted by Gasteiger charge is 2.19. The van der Waals surface area contributed by atoms with E-state index in [9.17, 15) is 9.59 Å². The topological polar surface area (TPSA) is 51.5 Å². The van der Waals surface area contributed by atoms with Gasteiger partial charge < -0.3 is 9.64 Å². The number of nitrogens with zero attached hydrogens (tertiary/aromatic N) is 2. The SMILES string of the molecule is CCOC(=O)c1cc(/C(C)=C/c2ccccc2)n(C(=O)N(C)C)c1. The van der Waals surface area contributed by atoms with Crippen molar-refractivity contribution in [1.82, 2.24) is 9.47 Å². The zero-order chi connectivity index (χ0) is 17.7. The smallest absolute Gasteiger partial charge is 0.339 e. The maximum absolute atomic E-state index is 12.4.